The molecule has 0 bridgehead atoms. The van der Waals surface area contributed by atoms with Gasteiger partial charge >= 0.3 is 0 Å². The SMILES string of the molecule is CP(C)(=O)CCO. The van der Waals surface area contributed by atoms with Gasteiger partial charge in [0.25, 0.3) is 0 Å². The minimum absolute atomic E-state index is 0.0459. The minimum atomic E-state index is -1.92. The molecule has 0 radical (unpaired) electrons. The molecule has 3 heteroatoms. The van der Waals surface area contributed by atoms with Gasteiger partial charge in [0.2, 0.25) is 0 Å². The van der Waals surface area contributed by atoms with Crippen molar-refractivity contribution < 1.29 is 9.67 Å². The van der Waals surface area contributed by atoms with Crippen molar-refractivity contribution in [3.8, 4) is 0 Å². The summed E-state index contributed by atoms with van der Waals surface area (Å²) in [4.78, 5) is 0. The van der Waals surface area contributed by atoms with E-state index in [0.29, 0.717) is 6.16 Å². The van der Waals surface area contributed by atoms with Crippen molar-refractivity contribution in [1.82, 2.24) is 0 Å². The van der Waals surface area contributed by atoms with Gasteiger partial charge in [-0.15, -0.1) is 0 Å². The lowest BCUT2D eigenvalue weighted by atomic mass is 10.9. The molecule has 0 spiro atoms. The molecule has 0 unspecified atom stereocenters. The standard InChI is InChI=1S/C4H11O2P/c1-7(2,6)4-3-5/h5H,3-4H2,1-2H3. The van der Waals surface area contributed by atoms with Crippen LogP contribution in [-0.4, -0.2) is 31.2 Å². The second-order valence-corrected chi connectivity index (χ2v) is 5.62. The molecule has 0 aromatic rings. The van der Waals surface area contributed by atoms with E-state index < -0.39 is 7.14 Å². The fraction of sp³-hybridized carbons (Fsp3) is 1.00. The van der Waals surface area contributed by atoms with Crippen molar-refractivity contribution in [3.63, 3.8) is 0 Å². The van der Waals surface area contributed by atoms with Gasteiger partial charge in [-0.2, -0.15) is 0 Å². The van der Waals surface area contributed by atoms with E-state index in [0.717, 1.165) is 0 Å². The molecule has 7 heavy (non-hydrogen) atoms. The molecule has 0 aromatic heterocycles. The molecule has 0 aromatic carbocycles. The molecule has 2 nitrogen and oxygen atoms in total. The zero-order valence-electron chi connectivity index (χ0n) is 4.72. The van der Waals surface area contributed by atoms with Crippen LogP contribution in [0.15, 0.2) is 0 Å². The fourth-order valence-corrected chi connectivity index (χ4v) is 0.722. The third kappa shape index (κ3) is 6.19. The Labute approximate surface area is 43.9 Å². The van der Waals surface area contributed by atoms with Crippen LogP contribution >= 0.6 is 7.14 Å². The average Bonchev–Trinajstić information content (AvgIpc) is 1.30. The molecule has 44 valence electrons. The summed E-state index contributed by atoms with van der Waals surface area (Å²) in [5, 5.41) is 8.23. The predicted octanol–water partition coefficient (Wildman–Crippen LogP) is 0.601. The van der Waals surface area contributed by atoms with Gasteiger partial charge in [-0.1, -0.05) is 0 Å². The Morgan fingerprint density at radius 3 is 2.00 bits per heavy atom. The molecule has 0 rings (SSSR count). The molecular formula is C4H11O2P. The van der Waals surface area contributed by atoms with Crippen LogP contribution in [0.25, 0.3) is 0 Å². The maximum Gasteiger partial charge on any atom is 0.0841 e. The predicted molar refractivity (Wildman–Crippen MR) is 31.4 cm³/mol. The molecule has 1 N–H and O–H groups in total. The first-order valence-electron chi connectivity index (χ1n) is 2.21. The Kier molecular flexibility index (Phi) is 2.55. The highest BCUT2D eigenvalue weighted by atomic mass is 31.2. The molecule has 0 saturated carbocycles. The molecule has 0 aliphatic heterocycles. The summed E-state index contributed by atoms with van der Waals surface area (Å²) >= 11 is 0. The molecule has 0 atom stereocenters. The van der Waals surface area contributed by atoms with Crippen LogP contribution in [0.5, 0.6) is 0 Å². The van der Waals surface area contributed by atoms with E-state index >= 15 is 0 Å². The Hall–Kier alpha value is 0.190. The van der Waals surface area contributed by atoms with Crippen molar-refractivity contribution in [2.24, 2.45) is 0 Å². The Morgan fingerprint density at radius 1 is 1.57 bits per heavy atom. The van der Waals surface area contributed by atoms with Gasteiger partial charge in [-0.3, -0.25) is 0 Å². The van der Waals surface area contributed by atoms with Crippen LogP contribution in [0.3, 0.4) is 0 Å². The van der Waals surface area contributed by atoms with E-state index in [-0.39, 0.29) is 6.61 Å². The topological polar surface area (TPSA) is 37.3 Å². The summed E-state index contributed by atoms with van der Waals surface area (Å²) in [5.41, 5.74) is 0. The van der Waals surface area contributed by atoms with Gasteiger partial charge in [0.05, 0.1) is 7.14 Å². The van der Waals surface area contributed by atoms with E-state index in [1.807, 2.05) is 0 Å². The highest BCUT2D eigenvalue weighted by Gasteiger charge is 2.02. The van der Waals surface area contributed by atoms with E-state index in [9.17, 15) is 4.57 Å². The van der Waals surface area contributed by atoms with Crippen molar-refractivity contribution in [1.29, 1.82) is 0 Å². The van der Waals surface area contributed by atoms with Crippen molar-refractivity contribution >= 4 is 7.14 Å². The van der Waals surface area contributed by atoms with Crippen LogP contribution in [0.2, 0.25) is 0 Å². The van der Waals surface area contributed by atoms with Gasteiger partial charge in [-0.25, -0.2) is 0 Å². The van der Waals surface area contributed by atoms with Crippen molar-refractivity contribution in [2.75, 3.05) is 26.1 Å². The van der Waals surface area contributed by atoms with Crippen molar-refractivity contribution in [2.45, 2.75) is 0 Å². The highest BCUT2D eigenvalue weighted by Crippen LogP contribution is 2.34. The lowest BCUT2D eigenvalue weighted by Gasteiger charge is -1.99. The zero-order valence-corrected chi connectivity index (χ0v) is 5.61. The second-order valence-electron chi connectivity index (χ2n) is 2.02. The number of rotatable bonds is 2. The van der Waals surface area contributed by atoms with Gasteiger partial charge in [0.15, 0.2) is 0 Å². The largest absolute Gasteiger partial charge is 0.396 e. The summed E-state index contributed by atoms with van der Waals surface area (Å²) in [7, 11) is -1.92. The summed E-state index contributed by atoms with van der Waals surface area (Å²) in [6.45, 7) is 3.39. The smallest absolute Gasteiger partial charge is 0.0841 e. The molecule has 0 aliphatic rings. The normalized spacial score (nSPS) is 11.9. The first-order chi connectivity index (χ1) is 3.06. The van der Waals surface area contributed by atoms with E-state index in [1.54, 1.807) is 13.3 Å². The summed E-state index contributed by atoms with van der Waals surface area (Å²) < 4.78 is 10.7. The first-order valence-corrected chi connectivity index (χ1v) is 5.00. The minimum Gasteiger partial charge on any atom is -0.396 e. The van der Waals surface area contributed by atoms with Crippen LogP contribution < -0.4 is 0 Å². The summed E-state index contributed by atoms with van der Waals surface area (Å²) in [6.07, 6.45) is 0.451. The van der Waals surface area contributed by atoms with E-state index in [4.69, 9.17) is 5.11 Å². The fourth-order valence-electron chi connectivity index (χ4n) is 0.241. The number of hydrogen-bond donors (Lipinski definition) is 1. The number of aliphatic hydroxyl groups excluding tert-OH is 1. The third-order valence-corrected chi connectivity index (χ3v) is 1.92. The zero-order chi connectivity index (χ0) is 5.91. The van der Waals surface area contributed by atoms with E-state index in [2.05, 4.69) is 0 Å². The maximum atomic E-state index is 10.7. The molecule has 0 fully saturated rings. The quantitative estimate of drug-likeness (QED) is 0.544. The van der Waals surface area contributed by atoms with Crippen LogP contribution in [0.4, 0.5) is 0 Å². The third-order valence-electron chi connectivity index (χ3n) is 0.639. The lowest BCUT2D eigenvalue weighted by Crippen LogP contribution is -1.90. The lowest BCUT2D eigenvalue weighted by molar-refractivity contribution is 0.319. The van der Waals surface area contributed by atoms with Gasteiger partial charge in [0, 0.05) is 12.8 Å². The average molecular weight is 122 g/mol. The van der Waals surface area contributed by atoms with E-state index in [1.165, 1.54) is 0 Å². The van der Waals surface area contributed by atoms with Gasteiger partial charge in [-0.05, 0) is 13.3 Å². The Balaban J connectivity index is 3.36. The molecule has 0 saturated heterocycles. The molecule has 0 amide bonds. The summed E-state index contributed by atoms with van der Waals surface area (Å²) in [5.74, 6) is 0. The van der Waals surface area contributed by atoms with Crippen LogP contribution in [0.1, 0.15) is 0 Å². The number of aliphatic hydroxyl groups is 1. The molecule has 0 heterocycles. The van der Waals surface area contributed by atoms with Crippen molar-refractivity contribution in [3.05, 3.63) is 0 Å². The van der Waals surface area contributed by atoms with Gasteiger partial charge in [0.1, 0.15) is 0 Å². The Bertz CT molecular complexity index is 83.7. The van der Waals surface area contributed by atoms with Gasteiger partial charge < -0.3 is 9.67 Å². The van der Waals surface area contributed by atoms with Crippen LogP contribution in [-0.2, 0) is 4.57 Å². The molecule has 0 aliphatic carbocycles. The Morgan fingerprint density at radius 2 is 2.00 bits per heavy atom. The van der Waals surface area contributed by atoms with Crippen LogP contribution in [0, 0.1) is 0 Å². The molecular weight excluding hydrogens is 111 g/mol. The summed E-state index contributed by atoms with van der Waals surface area (Å²) in [6, 6.07) is 0. The second kappa shape index (κ2) is 2.49. The number of hydrogen-bond acceptors (Lipinski definition) is 2. The first kappa shape index (κ1) is 7.19. The maximum absolute atomic E-state index is 10.7. The highest BCUT2D eigenvalue weighted by molar-refractivity contribution is 7.62. The monoisotopic (exact) mass is 122 g/mol.